The molecule has 1 aromatic carbocycles. The average Bonchev–Trinajstić information content (AvgIpc) is 2.30. The van der Waals surface area contributed by atoms with Crippen LogP contribution in [-0.2, 0) is 0 Å². The Bertz CT molecular complexity index is 343. The van der Waals surface area contributed by atoms with Gasteiger partial charge in [-0.25, -0.2) is 0 Å². The molecule has 0 saturated carbocycles. The van der Waals surface area contributed by atoms with Gasteiger partial charge in [0, 0.05) is 35.7 Å². The minimum absolute atomic E-state index is 0. The van der Waals surface area contributed by atoms with E-state index in [2.05, 4.69) is 32.6 Å². The summed E-state index contributed by atoms with van der Waals surface area (Å²) >= 11 is 3.45. The maximum Gasteiger partial charge on any atom is 0.124 e. The quantitative estimate of drug-likeness (QED) is 0.878. The lowest BCUT2D eigenvalue weighted by Gasteiger charge is -2.26. The summed E-state index contributed by atoms with van der Waals surface area (Å²) < 4.78 is 6.43. The summed E-state index contributed by atoms with van der Waals surface area (Å²) in [5.41, 5.74) is 1.22. The first-order valence-electron chi connectivity index (χ1n) is 5.09. The van der Waals surface area contributed by atoms with Gasteiger partial charge in [-0.05, 0) is 12.1 Å². The van der Waals surface area contributed by atoms with E-state index >= 15 is 0 Å². The van der Waals surface area contributed by atoms with Crippen LogP contribution in [0, 0.1) is 0 Å². The Labute approximate surface area is 110 Å². The highest BCUT2D eigenvalue weighted by Crippen LogP contribution is 2.28. The van der Waals surface area contributed by atoms with Gasteiger partial charge in [0.2, 0.25) is 0 Å². The summed E-state index contributed by atoms with van der Waals surface area (Å²) in [6, 6.07) is 6.51. The molecule has 3 nitrogen and oxygen atoms in total. The van der Waals surface area contributed by atoms with E-state index in [1.807, 2.05) is 12.1 Å². The van der Waals surface area contributed by atoms with E-state index in [0.717, 1.165) is 29.9 Å². The number of methoxy groups -OCH3 is 1. The fraction of sp³-hybridized carbons (Fsp3) is 0.455. The van der Waals surface area contributed by atoms with Crippen LogP contribution < -0.4 is 15.4 Å². The first kappa shape index (κ1) is 13.8. The molecule has 0 aromatic heterocycles. The van der Waals surface area contributed by atoms with Gasteiger partial charge in [-0.1, -0.05) is 22.0 Å². The fourth-order valence-electron chi connectivity index (χ4n) is 1.85. The number of nitrogens with one attached hydrogen (secondary N) is 2. The number of hydrogen-bond donors (Lipinski definition) is 2. The van der Waals surface area contributed by atoms with E-state index in [-0.39, 0.29) is 12.4 Å². The Morgan fingerprint density at radius 1 is 1.38 bits per heavy atom. The average molecular weight is 308 g/mol. The lowest BCUT2D eigenvalue weighted by atomic mass is 10.0. The van der Waals surface area contributed by atoms with Gasteiger partial charge >= 0.3 is 0 Å². The summed E-state index contributed by atoms with van der Waals surface area (Å²) in [5, 5.41) is 6.84. The minimum atomic E-state index is 0. The Morgan fingerprint density at radius 2 is 2.19 bits per heavy atom. The minimum Gasteiger partial charge on any atom is -0.496 e. The van der Waals surface area contributed by atoms with E-state index < -0.39 is 0 Å². The lowest BCUT2D eigenvalue weighted by Crippen LogP contribution is -2.42. The van der Waals surface area contributed by atoms with Gasteiger partial charge in [-0.3, -0.25) is 0 Å². The van der Waals surface area contributed by atoms with Crippen LogP contribution in [0.25, 0.3) is 0 Å². The van der Waals surface area contributed by atoms with Gasteiger partial charge in [-0.15, -0.1) is 12.4 Å². The summed E-state index contributed by atoms with van der Waals surface area (Å²) in [6.07, 6.45) is 0. The van der Waals surface area contributed by atoms with E-state index in [4.69, 9.17) is 4.74 Å². The topological polar surface area (TPSA) is 33.3 Å². The highest BCUT2D eigenvalue weighted by Gasteiger charge is 2.17. The molecule has 1 heterocycles. The van der Waals surface area contributed by atoms with Crippen molar-refractivity contribution in [2.75, 3.05) is 26.7 Å². The van der Waals surface area contributed by atoms with E-state index in [0.29, 0.717) is 6.04 Å². The molecule has 2 N–H and O–H groups in total. The molecule has 16 heavy (non-hydrogen) atoms. The summed E-state index contributed by atoms with van der Waals surface area (Å²) in [5.74, 6) is 0.936. The number of piperazine rings is 1. The predicted molar refractivity (Wildman–Crippen MR) is 71.6 cm³/mol. The van der Waals surface area contributed by atoms with Crippen molar-refractivity contribution in [2.24, 2.45) is 0 Å². The number of hydrogen-bond acceptors (Lipinski definition) is 3. The normalized spacial score (nSPS) is 20.0. The first-order chi connectivity index (χ1) is 7.31. The molecule has 1 aliphatic heterocycles. The largest absolute Gasteiger partial charge is 0.496 e. The predicted octanol–water partition coefficient (Wildman–Crippen LogP) is 2.11. The first-order valence-corrected chi connectivity index (χ1v) is 5.88. The number of rotatable bonds is 2. The molecule has 2 rings (SSSR count). The zero-order valence-corrected chi connectivity index (χ0v) is 11.5. The Balaban J connectivity index is 0.00000128. The standard InChI is InChI=1S/C11H15BrN2O.ClH/c1-15-11-6-8(12)2-3-9(11)10-7-13-4-5-14-10;/h2-3,6,10,13-14H,4-5,7H2,1H3;1H/t10-;/m1./s1. The molecule has 1 aromatic rings. The molecule has 0 amide bonds. The van der Waals surface area contributed by atoms with Crippen molar-refractivity contribution in [2.45, 2.75) is 6.04 Å². The number of ether oxygens (including phenoxy) is 1. The summed E-state index contributed by atoms with van der Waals surface area (Å²) in [7, 11) is 1.71. The van der Waals surface area contributed by atoms with Crippen molar-refractivity contribution in [3.05, 3.63) is 28.2 Å². The molecule has 1 aliphatic rings. The fourth-order valence-corrected chi connectivity index (χ4v) is 2.19. The molecule has 1 atom stereocenters. The molecular weight excluding hydrogens is 291 g/mol. The van der Waals surface area contributed by atoms with Gasteiger partial charge in [0.1, 0.15) is 5.75 Å². The molecule has 5 heteroatoms. The maximum absolute atomic E-state index is 5.38. The van der Waals surface area contributed by atoms with E-state index in [1.54, 1.807) is 7.11 Å². The van der Waals surface area contributed by atoms with Crippen molar-refractivity contribution in [3.63, 3.8) is 0 Å². The van der Waals surface area contributed by atoms with Crippen LogP contribution >= 0.6 is 28.3 Å². The zero-order valence-electron chi connectivity index (χ0n) is 9.13. The second kappa shape index (κ2) is 6.45. The monoisotopic (exact) mass is 306 g/mol. The molecular formula is C11H16BrClN2O. The number of halogens is 2. The van der Waals surface area contributed by atoms with E-state index in [9.17, 15) is 0 Å². The van der Waals surface area contributed by atoms with Crippen LogP contribution in [0.3, 0.4) is 0 Å². The van der Waals surface area contributed by atoms with Crippen molar-refractivity contribution in [1.82, 2.24) is 10.6 Å². The SMILES string of the molecule is COc1cc(Br)ccc1[C@H]1CNCCN1.Cl. The van der Waals surface area contributed by atoms with Crippen LogP contribution in [-0.4, -0.2) is 26.7 Å². The van der Waals surface area contributed by atoms with E-state index in [1.165, 1.54) is 5.56 Å². The van der Waals surface area contributed by atoms with Gasteiger partial charge < -0.3 is 15.4 Å². The van der Waals surface area contributed by atoms with Crippen molar-refractivity contribution in [1.29, 1.82) is 0 Å². The Hall–Kier alpha value is -0.290. The third kappa shape index (κ3) is 3.10. The maximum atomic E-state index is 5.38. The Kier molecular flexibility index (Phi) is 5.55. The molecule has 1 saturated heterocycles. The third-order valence-corrected chi connectivity index (χ3v) is 3.11. The van der Waals surface area contributed by atoms with Crippen LogP contribution in [0.1, 0.15) is 11.6 Å². The van der Waals surface area contributed by atoms with Gasteiger partial charge in [0.25, 0.3) is 0 Å². The summed E-state index contributed by atoms with van der Waals surface area (Å²) in [4.78, 5) is 0. The molecule has 1 fully saturated rings. The van der Waals surface area contributed by atoms with Crippen LogP contribution in [0.4, 0.5) is 0 Å². The van der Waals surface area contributed by atoms with Crippen LogP contribution in [0.2, 0.25) is 0 Å². The molecule has 90 valence electrons. The highest BCUT2D eigenvalue weighted by atomic mass is 79.9. The van der Waals surface area contributed by atoms with Crippen LogP contribution in [0.15, 0.2) is 22.7 Å². The zero-order chi connectivity index (χ0) is 10.7. The molecule has 0 unspecified atom stereocenters. The van der Waals surface area contributed by atoms with Crippen molar-refractivity contribution < 1.29 is 4.74 Å². The van der Waals surface area contributed by atoms with Gasteiger partial charge in [0.15, 0.2) is 0 Å². The molecule has 0 bridgehead atoms. The lowest BCUT2D eigenvalue weighted by molar-refractivity contribution is 0.381. The highest BCUT2D eigenvalue weighted by molar-refractivity contribution is 9.10. The molecule has 0 aliphatic carbocycles. The molecule has 0 radical (unpaired) electrons. The molecule has 0 spiro atoms. The second-order valence-corrected chi connectivity index (χ2v) is 4.51. The van der Waals surface area contributed by atoms with Gasteiger partial charge in [-0.2, -0.15) is 0 Å². The van der Waals surface area contributed by atoms with Crippen molar-refractivity contribution >= 4 is 28.3 Å². The van der Waals surface area contributed by atoms with Crippen LogP contribution in [0.5, 0.6) is 5.75 Å². The van der Waals surface area contributed by atoms with Crippen molar-refractivity contribution in [3.8, 4) is 5.75 Å². The number of benzene rings is 1. The smallest absolute Gasteiger partial charge is 0.124 e. The summed E-state index contributed by atoms with van der Waals surface area (Å²) in [6.45, 7) is 3.00. The van der Waals surface area contributed by atoms with Gasteiger partial charge in [0.05, 0.1) is 7.11 Å². The third-order valence-electron chi connectivity index (χ3n) is 2.61. The second-order valence-electron chi connectivity index (χ2n) is 3.60. The Morgan fingerprint density at radius 3 is 2.81 bits per heavy atom.